The summed E-state index contributed by atoms with van der Waals surface area (Å²) in [4.78, 5) is 4.51. The maximum atomic E-state index is 9.47. The first-order valence-corrected chi connectivity index (χ1v) is 8.18. The van der Waals surface area contributed by atoms with Crippen molar-refractivity contribution in [1.29, 1.82) is 0 Å². The highest BCUT2D eigenvalue weighted by molar-refractivity contribution is 5.68. The van der Waals surface area contributed by atoms with Crippen molar-refractivity contribution in [3.8, 4) is 5.75 Å². The monoisotopic (exact) mass is 324 g/mol. The zero-order valence-corrected chi connectivity index (χ0v) is 14.3. The van der Waals surface area contributed by atoms with E-state index in [1.54, 1.807) is 12.1 Å². The van der Waals surface area contributed by atoms with Gasteiger partial charge in [-0.3, -0.25) is 4.90 Å². The fourth-order valence-corrected chi connectivity index (χ4v) is 3.20. The van der Waals surface area contributed by atoms with Gasteiger partial charge in [-0.1, -0.05) is 30.3 Å². The third-order valence-electron chi connectivity index (χ3n) is 4.19. The Kier molecular flexibility index (Phi) is 5.18. The summed E-state index contributed by atoms with van der Waals surface area (Å²) in [5.74, 6) is 0.298. The molecule has 0 aromatic heterocycles. The molecule has 4 heteroatoms. The van der Waals surface area contributed by atoms with Crippen LogP contribution in [0.25, 0.3) is 5.70 Å². The Morgan fingerprint density at radius 2 is 1.75 bits per heavy atom. The summed E-state index contributed by atoms with van der Waals surface area (Å²) in [5, 5.41) is 9.47. The molecule has 0 saturated heterocycles. The van der Waals surface area contributed by atoms with Gasteiger partial charge in [0, 0.05) is 19.3 Å². The maximum Gasteiger partial charge on any atom is 0.115 e. The minimum absolute atomic E-state index is 0.298. The SMILES string of the molecule is CC1=C(c2ccc(O)cc2)N(C)CN(COCc2ccccc2)C1. The number of ether oxygens (including phenoxy) is 1. The molecule has 1 heterocycles. The first kappa shape index (κ1) is 16.6. The smallest absolute Gasteiger partial charge is 0.115 e. The van der Waals surface area contributed by atoms with E-state index in [9.17, 15) is 5.11 Å². The van der Waals surface area contributed by atoms with Crippen LogP contribution in [0.2, 0.25) is 0 Å². The van der Waals surface area contributed by atoms with E-state index in [4.69, 9.17) is 4.74 Å². The summed E-state index contributed by atoms with van der Waals surface area (Å²) in [5.41, 5.74) is 4.87. The number of hydrogen-bond donors (Lipinski definition) is 1. The molecule has 0 amide bonds. The van der Waals surface area contributed by atoms with Crippen LogP contribution >= 0.6 is 0 Å². The van der Waals surface area contributed by atoms with E-state index in [0.717, 1.165) is 18.8 Å². The molecule has 2 aromatic rings. The van der Waals surface area contributed by atoms with Gasteiger partial charge < -0.3 is 14.7 Å². The van der Waals surface area contributed by atoms with Crippen molar-refractivity contribution in [3.63, 3.8) is 0 Å². The van der Waals surface area contributed by atoms with Gasteiger partial charge in [-0.2, -0.15) is 0 Å². The molecule has 24 heavy (non-hydrogen) atoms. The minimum Gasteiger partial charge on any atom is -0.508 e. The molecule has 3 rings (SSSR count). The van der Waals surface area contributed by atoms with Crippen LogP contribution in [0.1, 0.15) is 18.1 Å². The van der Waals surface area contributed by atoms with Crippen molar-refractivity contribution < 1.29 is 9.84 Å². The Morgan fingerprint density at radius 1 is 1.04 bits per heavy atom. The molecule has 126 valence electrons. The van der Waals surface area contributed by atoms with Gasteiger partial charge in [0.1, 0.15) is 12.5 Å². The fraction of sp³-hybridized carbons (Fsp3) is 0.300. The fourth-order valence-electron chi connectivity index (χ4n) is 3.20. The van der Waals surface area contributed by atoms with Crippen molar-refractivity contribution in [2.75, 3.05) is 27.0 Å². The number of rotatable bonds is 5. The maximum absolute atomic E-state index is 9.47. The van der Waals surface area contributed by atoms with Gasteiger partial charge in [-0.05, 0) is 47.9 Å². The average molecular weight is 324 g/mol. The van der Waals surface area contributed by atoms with E-state index in [1.165, 1.54) is 16.8 Å². The summed E-state index contributed by atoms with van der Waals surface area (Å²) in [6, 6.07) is 17.6. The molecule has 0 radical (unpaired) electrons. The minimum atomic E-state index is 0.298. The van der Waals surface area contributed by atoms with Crippen LogP contribution in [-0.4, -0.2) is 41.9 Å². The van der Waals surface area contributed by atoms with Gasteiger partial charge >= 0.3 is 0 Å². The molecule has 1 aliphatic heterocycles. The number of benzene rings is 2. The molecule has 0 unspecified atom stereocenters. The molecule has 4 nitrogen and oxygen atoms in total. The lowest BCUT2D eigenvalue weighted by Crippen LogP contribution is -2.42. The van der Waals surface area contributed by atoms with Crippen molar-refractivity contribution in [1.82, 2.24) is 9.80 Å². The van der Waals surface area contributed by atoms with Gasteiger partial charge in [0.25, 0.3) is 0 Å². The van der Waals surface area contributed by atoms with Crippen LogP contribution in [-0.2, 0) is 11.3 Å². The molecule has 2 aromatic carbocycles. The molecule has 0 spiro atoms. The van der Waals surface area contributed by atoms with Crippen LogP contribution in [0.5, 0.6) is 5.75 Å². The Balaban J connectivity index is 1.61. The van der Waals surface area contributed by atoms with Crippen LogP contribution in [0.4, 0.5) is 0 Å². The third-order valence-corrected chi connectivity index (χ3v) is 4.19. The quantitative estimate of drug-likeness (QED) is 0.913. The van der Waals surface area contributed by atoms with Crippen molar-refractivity contribution >= 4 is 5.70 Å². The van der Waals surface area contributed by atoms with Crippen molar-refractivity contribution in [2.24, 2.45) is 0 Å². The van der Waals surface area contributed by atoms with Crippen LogP contribution < -0.4 is 0 Å². The molecule has 0 aliphatic carbocycles. The Morgan fingerprint density at radius 3 is 2.42 bits per heavy atom. The standard InChI is InChI=1S/C20H24N2O2/c1-16-12-22(15-24-13-17-6-4-3-5-7-17)14-21(2)20(16)18-8-10-19(23)11-9-18/h3-11,23H,12-15H2,1-2H3. The Hall–Kier alpha value is -2.30. The summed E-state index contributed by atoms with van der Waals surface area (Å²) in [7, 11) is 2.09. The lowest BCUT2D eigenvalue weighted by Gasteiger charge is -2.37. The number of aromatic hydroxyl groups is 1. The zero-order chi connectivity index (χ0) is 16.9. The summed E-state index contributed by atoms with van der Waals surface area (Å²) in [6.45, 7) is 5.10. The molecule has 0 fully saturated rings. The normalized spacial score (nSPS) is 15.8. The topological polar surface area (TPSA) is 35.9 Å². The summed E-state index contributed by atoms with van der Waals surface area (Å²) >= 11 is 0. The van der Waals surface area contributed by atoms with Crippen molar-refractivity contribution in [3.05, 3.63) is 71.3 Å². The first-order valence-electron chi connectivity index (χ1n) is 8.18. The second-order valence-corrected chi connectivity index (χ2v) is 6.31. The lowest BCUT2D eigenvalue weighted by atomic mass is 10.0. The predicted octanol–water partition coefficient (Wildman–Crippen LogP) is 3.50. The summed E-state index contributed by atoms with van der Waals surface area (Å²) in [6.07, 6.45) is 0. The lowest BCUT2D eigenvalue weighted by molar-refractivity contribution is 0.00360. The number of phenolic OH excluding ortho intramolecular Hbond substituents is 1. The van der Waals surface area contributed by atoms with Crippen molar-refractivity contribution in [2.45, 2.75) is 13.5 Å². The molecule has 1 N–H and O–H groups in total. The van der Waals surface area contributed by atoms with Crippen LogP contribution in [0.15, 0.2) is 60.2 Å². The van der Waals surface area contributed by atoms with E-state index in [2.05, 4.69) is 35.9 Å². The highest BCUT2D eigenvalue weighted by Crippen LogP contribution is 2.27. The van der Waals surface area contributed by atoms with Gasteiger partial charge in [0.15, 0.2) is 0 Å². The Labute approximate surface area is 143 Å². The zero-order valence-electron chi connectivity index (χ0n) is 14.3. The van der Waals surface area contributed by atoms with Gasteiger partial charge in [0.2, 0.25) is 0 Å². The highest BCUT2D eigenvalue weighted by Gasteiger charge is 2.21. The third kappa shape index (κ3) is 3.96. The highest BCUT2D eigenvalue weighted by atomic mass is 16.5. The van der Waals surface area contributed by atoms with E-state index in [-0.39, 0.29) is 0 Å². The van der Waals surface area contributed by atoms with Gasteiger partial charge in [-0.15, -0.1) is 0 Å². The molecule has 0 atom stereocenters. The number of nitrogens with zero attached hydrogens (tertiary/aromatic N) is 2. The first-order chi connectivity index (χ1) is 11.6. The Bertz CT molecular complexity index is 695. The second-order valence-electron chi connectivity index (χ2n) is 6.31. The van der Waals surface area contributed by atoms with Crippen LogP contribution in [0, 0.1) is 0 Å². The summed E-state index contributed by atoms with van der Waals surface area (Å²) < 4.78 is 5.86. The molecular weight excluding hydrogens is 300 g/mol. The molecule has 0 bridgehead atoms. The van der Waals surface area contributed by atoms with Gasteiger partial charge in [-0.25, -0.2) is 0 Å². The van der Waals surface area contributed by atoms with Gasteiger partial charge in [0.05, 0.1) is 13.3 Å². The molecule has 0 saturated carbocycles. The van der Waals surface area contributed by atoms with E-state index in [0.29, 0.717) is 19.1 Å². The molecular formula is C20H24N2O2. The number of hydrogen-bond acceptors (Lipinski definition) is 4. The van der Waals surface area contributed by atoms with E-state index in [1.807, 2.05) is 30.3 Å². The van der Waals surface area contributed by atoms with E-state index < -0.39 is 0 Å². The van der Waals surface area contributed by atoms with Crippen LogP contribution in [0.3, 0.4) is 0 Å². The molecule has 1 aliphatic rings. The van der Waals surface area contributed by atoms with E-state index >= 15 is 0 Å². The largest absolute Gasteiger partial charge is 0.508 e. The number of phenols is 1. The average Bonchev–Trinajstić information content (AvgIpc) is 2.57. The predicted molar refractivity (Wildman–Crippen MR) is 96.1 cm³/mol. The second kappa shape index (κ2) is 7.51.